The Kier molecular flexibility index (Phi) is 4.83. The van der Waals surface area contributed by atoms with Gasteiger partial charge in [-0.05, 0) is 62.6 Å². The number of hydrogen-bond acceptors (Lipinski definition) is 4. The third kappa shape index (κ3) is 3.16. The number of likely N-dealkylation sites (tertiary alicyclic amines) is 1. The lowest BCUT2D eigenvalue weighted by molar-refractivity contribution is -0.140. The highest BCUT2D eigenvalue weighted by atomic mass is 16.2. The molecule has 7 nitrogen and oxygen atoms in total. The summed E-state index contributed by atoms with van der Waals surface area (Å²) in [5.74, 6) is 1.74. The first-order valence-corrected chi connectivity index (χ1v) is 13.2. The van der Waals surface area contributed by atoms with Gasteiger partial charge in [0.25, 0.3) is 0 Å². The van der Waals surface area contributed by atoms with Gasteiger partial charge in [-0.2, -0.15) is 5.10 Å². The number of nitrogens with zero attached hydrogens (tertiary/aromatic N) is 4. The number of benzene rings is 1. The lowest BCUT2D eigenvalue weighted by Crippen LogP contribution is -2.60. The summed E-state index contributed by atoms with van der Waals surface area (Å²) >= 11 is 0. The van der Waals surface area contributed by atoms with Crippen LogP contribution in [0.15, 0.2) is 35.9 Å². The third-order valence-electron chi connectivity index (χ3n) is 9.12. The smallest absolute Gasteiger partial charge is 0.229 e. The van der Waals surface area contributed by atoms with E-state index in [2.05, 4.69) is 26.1 Å². The van der Waals surface area contributed by atoms with Crippen LogP contribution in [-0.2, 0) is 9.59 Å². The van der Waals surface area contributed by atoms with Crippen LogP contribution in [0.2, 0.25) is 0 Å². The zero-order valence-corrected chi connectivity index (χ0v) is 19.7. The number of H-pyrrole nitrogens is 1. The molecular formula is C27H33N5O2. The van der Waals surface area contributed by atoms with Gasteiger partial charge in [0.2, 0.25) is 11.8 Å². The fourth-order valence-electron chi connectivity index (χ4n) is 7.69. The molecule has 0 radical (unpaired) electrons. The molecule has 2 amide bonds. The first kappa shape index (κ1) is 20.7. The fourth-order valence-corrected chi connectivity index (χ4v) is 7.69. The van der Waals surface area contributed by atoms with Crippen molar-refractivity contribution < 1.29 is 9.59 Å². The zero-order chi connectivity index (χ0) is 22.8. The van der Waals surface area contributed by atoms with E-state index in [1.165, 1.54) is 37.8 Å². The van der Waals surface area contributed by atoms with Crippen molar-refractivity contribution in [2.75, 3.05) is 31.1 Å². The van der Waals surface area contributed by atoms with E-state index in [1.807, 2.05) is 24.3 Å². The number of nitrogens with one attached hydrogen (secondary N) is 1. The monoisotopic (exact) mass is 459 g/mol. The normalized spacial score (nSPS) is 33.6. The Hall–Kier alpha value is -2.67. The predicted molar refractivity (Wildman–Crippen MR) is 130 cm³/mol. The van der Waals surface area contributed by atoms with Crippen LogP contribution >= 0.6 is 0 Å². The number of anilines is 1. The molecule has 1 aromatic carbocycles. The van der Waals surface area contributed by atoms with Crippen LogP contribution in [0, 0.1) is 17.8 Å². The number of amides is 2. The maximum absolute atomic E-state index is 13.9. The van der Waals surface area contributed by atoms with Crippen molar-refractivity contribution in [3.63, 3.8) is 0 Å². The Morgan fingerprint density at radius 3 is 2.94 bits per heavy atom. The molecule has 0 saturated carbocycles. The van der Waals surface area contributed by atoms with E-state index >= 15 is 0 Å². The average molecular weight is 460 g/mol. The van der Waals surface area contributed by atoms with E-state index < -0.39 is 0 Å². The molecule has 0 spiro atoms. The van der Waals surface area contributed by atoms with E-state index in [1.54, 1.807) is 4.90 Å². The average Bonchev–Trinajstić information content (AvgIpc) is 3.46. The van der Waals surface area contributed by atoms with Gasteiger partial charge < -0.3 is 4.90 Å². The highest BCUT2D eigenvalue weighted by Crippen LogP contribution is 2.45. The molecule has 5 atom stereocenters. The van der Waals surface area contributed by atoms with Crippen LogP contribution in [0.1, 0.15) is 44.9 Å². The molecule has 4 aliphatic heterocycles. The Balaban J connectivity index is 1.14. The molecule has 0 unspecified atom stereocenters. The molecule has 1 aromatic heterocycles. The second-order valence-corrected chi connectivity index (χ2v) is 11.0. The van der Waals surface area contributed by atoms with Crippen LogP contribution in [0.4, 0.5) is 5.82 Å². The molecule has 34 heavy (non-hydrogen) atoms. The van der Waals surface area contributed by atoms with Crippen molar-refractivity contribution in [2.24, 2.45) is 17.8 Å². The number of rotatable bonds is 2. The lowest BCUT2D eigenvalue weighted by Gasteiger charge is -2.55. The lowest BCUT2D eigenvalue weighted by atomic mass is 9.68. The summed E-state index contributed by atoms with van der Waals surface area (Å²) in [6.45, 7) is 3.59. The fraction of sp³-hybridized carbons (Fsp3) is 0.593. The SMILES string of the molecule is O=C1C[C@H](C(=O)N2CCCC3=C[C@H]4C[C@@H](CN5CCCC[C@@H]45)[C@@H]32)CN1c1n[nH]c2ccccc12. The van der Waals surface area contributed by atoms with Gasteiger partial charge in [-0.3, -0.25) is 24.5 Å². The minimum atomic E-state index is -0.286. The topological polar surface area (TPSA) is 72.5 Å². The van der Waals surface area contributed by atoms with E-state index in [4.69, 9.17) is 0 Å². The minimum Gasteiger partial charge on any atom is -0.335 e. The first-order valence-electron chi connectivity index (χ1n) is 13.2. The number of aromatic nitrogens is 2. The maximum atomic E-state index is 13.9. The molecule has 4 fully saturated rings. The Labute approximate surface area is 200 Å². The van der Waals surface area contributed by atoms with E-state index in [9.17, 15) is 9.59 Å². The number of para-hydroxylation sites is 1. The van der Waals surface area contributed by atoms with Crippen LogP contribution in [-0.4, -0.2) is 70.1 Å². The number of fused-ring (bicyclic) bond motifs is 7. The minimum absolute atomic E-state index is 0.000844. The number of hydrogen-bond donors (Lipinski definition) is 1. The molecule has 1 aliphatic carbocycles. The summed E-state index contributed by atoms with van der Waals surface area (Å²) in [5, 5.41) is 8.38. The summed E-state index contributed by atoms with van der Waals surface area (Å²) in [7, 11) is 0. The standard InChI is InChI=1S/C27H33N5O2/c33-24-14-20(16-32(24)26-21-7-1-2-8-22(21)28-29-26)27(34)31-11-5-6-17-12-18-13-19(25(17)31)15-30-10-4-3-9-23(18)30/h1-2,7-8,12,18-20,23,25H,3-6,9-11,13-16H2,(H,28,29)/t18-,19-,20-,23-,25+/m0/s1. The van der Waals surface area contributed by atoms with Crippen molar-refractivity contribution in [1.82, 2.24) is 20.0 Å². The molecule has 1 N–H and O–H groups in total. The zero-order valence-electron chi connectivity index (χ0n) is 19.7. The van der Waals surface area contributed by atoms with E-state index in [0.717, 1.165) is 36.8 Å². The van der Waals surface area contributed by atoms with Gasteiger partial charge in [0, 0.05) is 37.5 Å². The number of carbonyl (C=O) groups excluding carboxylic acids is 2. The van der Waals surface area contributed by atoms with Crippen molar-refractivity contribution in [2.45, 2.75) is 57.0 Å². The van der Waals surface area contributed by atoms with Crippen LogP contribution < -0.4 is 4.90 Å². The summed E-state index contributed by atoms with van der Waals surface area (Å²) in [5.41, 5.74) is 2.42. The molecule has 2 bridgehead atoms. The third-order valence-corrected chi connectivity index (χ3v) is 9.12. The largest absolute Gasteiger partial charge is 0.335 e. The van der Waals surface area contributed by atoms with Crippen LogP contribution in [0.5, 0.6) is 0 Å². The van der Waals surface area contributed by atoms with Crippen molar-refractivity contribution in [3.05, 3.63) is 35.9 Å². The number of piperidine rings is 3. The van der Waals surface area contributed by atoms with E-state index in [-0.39, 0.29) is 30.2 Å². The van der Waals surface area contributed by atoms with Crippen LogP contribution in [0.25, 0.3) is 10.9 Å². The summed E-state index contributed by atoms with van der Waals surface area (Å²) in [6.07, 6.45) is 10.2. The number of carbonyl (C=O) groups is 2. The first-order chi connectivity index (χ1) is 16.7. The van der Waals surface area contributed by atoms with Crippen LogP contribution in [0.3, 0.4) is 0 Å². The predicted octanol–water partition coefficient (Wildman–Crippen LogP) is 3.34. The van der Waals surface area contributed by atoms with Gasteiger partial charge in [-0.1, -0.05) is 30.2 Å². The number of aromatic amines is 1. The van der Waals surface area contributed by atoms with Gasteiger partial charge in [-0.25, -0.2) is 0 Å². The van der Waals surface area contributed by atoms with Gasteiger partial charge in [0.1, 0.15) is 0 Å². The van der Waals surface area contributed by atoms with Crippen molar-refractivity contribution in [3.8, 4) is 0 Å². The Morgan fingerprint density at radius 1 is 1.09 bits per heavy atom. The Morgan fingerprint density at radius 2 is 2.00 bits per heavy atom. The Bertz CT molecular complexity index is 1170. The molecule has 5 aliphatic rings. The summed E-state index contributed by atoms with van der Waals surface area (Å²) in [6, 6.07) is 8.80. The molecule has 7 rings (SSSR count). The molecule has 2 aromatic rings. The van der Waals surface area contributed by atoms with Gasteiger partial charge in [0.15, 0.2) is 5.82 Å². The maximum Gasteiger partial charge on any atom is 0.229 e. The van der Waals surface area contributed by atoms with Crippen molar-refractivity contribution >= 4 is 28.5 Å². The highest BCUT2D eigenvalue weighted by Gasteiger charge is 2.48. The van der Waals surface area contributed by atoms with Crippen molar-refractivity contribution in [1.29, 1.82) is 0 Å². The molecule has 178 valence electrons. The molecule has 4 saturated heterocycles. The van der Waals surface area contributed by atoms with Gasteiger partial charge in [-0.15, -0.1) is 0 Å². The molecule has 5 heterocycles. The second kappa shape index (κ2) is 7.94. The summed E-state index contributed by atoms with van der Waals surface area (Å²) < 4.78 is 0. The van der Waals surface area contributed by atoms with Gasteiger partial charge >= 0.3 is 0 Å². The highest BCUT2D eigenvalue weighted by molar-refractivity contribution is 6.05. The quantitative estimate of drug-likeness (QED) is 0.700. The summed E-state index contributed by atoms with van der Waals surface area (Å²) in [4.78, 5) is 33.5. The van der Waals surface area contributed by atoms with Gasteiger partial charge in [0.05, 0.1) is 17.5 Å². The van der Waals surface area contributed by atoms with E-state index in [0.29, 0.717) is 30.2 Å². The molecule has 7 heteroatoms. The molecular weight excluding hydrogens is 426 g/mol. The second-order valence-electron chi connectivity index (χ2n) is 11.0.